The van der Waals surface area contributed by atoms with Crippen LogP contribution in [-0.2, 0) is 10.4 Å². The molecule has 1 aromatic rings. The molecule has 0 saturated heterocycles. The fourth-order valence-electron chi connectivity index (χ4n) is 1.54. The van der Waals surface area contributed by atoms with E-state index in [1.807, 2.05) is 30.3 Å². The number of aliphatic hydroxyl groups is 1. The van der Waals surface area contributed by atoms with E-state index in [1.165, 1.54) is 4.90 Å². The predicted molar refractivity (Wildman–Crippen MR) is 64.4 cm³/mol. The molecule has 0 aliphatic carbocycles. The van der Waals surface area contributed by atoms with Gasteiger partial charge in [0.25, 0.3) is 0 Å². The summed E-state index contributed by atoms with van der Waals surface area (Å²) in [7, 11) is 1.63. The zero-order valence-corrected chi connectivity index (χ0v) is 10.2. The van der Waals surface area contributed by atoms with Gasteiger partial charge in [-0.25, -0.2) is 0 Å². The summed E-state index contributed by atoms with van der Waals surface area (Å²) < 4.78 is 0. The molecule has 0 bridgehead atoms. The van der Waals surface area contributed by atoms with E-state index in [0.29, 0.717) is 0 Å². The minimum atomic E-state index is -1.06. The molecule has 1 amide bonds. The lowest BCUT2D eigenvalue weighted by atomic mass is 9.95. The summed E-state index contributed by atoms with van der Waals surface area (Å²) in [4.78, 5) is 12.7. The van der Waals surface area contributed by atoms with Crippen LogP contribution in [0.2, 0.25) is 0 Å². The van der Waals surface area contributed by atoms with Gasteiger partial charge in [-0.2, -0.15) is 0 Å². The number of amides is 1. The van der Waals surface area contributed by atoms with E-state index in [0.717, 1.165) is 5.56 Å². The summed E-state index contributed by atoms with van der Waals surface area (Å²) in [6, 6.07) is 9.26. The molecule has 0 spiro atoms. The van der Waals surface area contributed by atoms with Crippen molar-refractivity contribution >= 4 is 17.5 Å². The second-order valence-corrected chi connectivity index (χ2v) is 4.29. The molecule has 0 heterocycles. The Labute approximate surface area is 101 Å². The van der Waals surface area contributed by atoms with Gasteiger partial charge in [-0.15, -0.1) is 11.6 Å². The molecule has 3 nitrogen and oxygen atoms in total. The third-order valence-electron chi connectivity index (χ3n) is 2.48. The molecule has 88 valence electrons. The second kappa shape index (κ2) is 5.32. The Morgan fingerprint density at radius 3 is 2.50 bits per heavy atom. The van der Waals surface area contributed by atoms with Crippen molar-refractivity contribution in [2.75, 3.05) is 19.5 Å². The van der Waals surface area contributed by atoms with Crippen LogP contribution >= 0.6 is 11.6 Å². The van der Waals surface area contributed by atoms with Gasteiger partial charge in [-0.05, 0) is 12.5 Å². The highest BCUT2D eigenvalue weighted by atomic mass is 35.5. The van der Waals surface area contributed by atoms with Crippen molar-refractivity contribution in [3.8, 4) is 0 Å². The van der Waals surface area contributed by atoms with Gasteiger partial charge in [0.1, 0.15) is 11.5 Å². The Balaban J connectivity index is 2.76. The molecule has 1 aromatic carbocycles. The van der Waals surface area contributed by atoms with Crippen LogP contribution in [0.25, 0.3) is 0 Å². The first-order valence-corrected chi connectivity index (χ1v) is 5.58. The number of likely N-dealkylation sites (N-methyl/N-ethyl adjacent to an activating group) is 1. The third kappa shape index (κ3) is 3.22. The van der Waals surface area contributed by atoms with Crippen molar-refractivity contribution in [2.24, 2.45) is 0 Å². The van der Waals surface area contributed by atoms with Crippen molar-refractivity contribution < 1.29 is 9.90 Å². The minimum Gasteiger partial charge on any atom is -0.384 e. The molecule has 0 aromatic heterocycles. The molecule has 1 unspecified atom stereocenters. The van der Waals surface area contributed by atoms with E-state index in [2.05, 4.69) is 0 Å². The molecule has 16 heavy (non-hydrogen) atoms. The first-order valence-electron chi connectivity index (χ1n) is 5.05. The van der Waals surface area contributed by atoms with Crippen molar-refractivity contribution in [1.82, 2.24) is 4.90 Å². The van der Waals surface area contributed by atoms with Gasteiger partial charge in [0, 0.05) is 7.05 Å². The molecule has 0 aliphatic rings. The monoisotopic (exact) mass is 241 g/mol. The first kappa shape index (κ1) is 13.0. The van der Waals surface area contributed by atoms with Gasteiger partial charge in [0.15, 0.2) is 0 Å². The highest BCUT2D eigenvalue weighted by Gasteiger charge is 2.26. The Morgan fingerprint density at radius 1 is 1.44 bits per heavy atom. The van der Waals surface area contributed by atoms with Gasteiger partial charge < -0.3 is 10.0 Å². The molecule has 0 fully saturated rings. The standard InChI is InChI=1S/C12H16ClNO2/c1-12(16,9-14(2)11(15)8-13)10-6-4-3-5-7-10/h3-7,16H,8-9H2,1-2H3. The quantitative estimate of drug-likeness (QED) is 0.814. The molecular weight excluding hydrogens is 226 g/mol. The smallest absolute Gasteiger partial charge is 0.237 e. The molecule has 1 rings (SSSR count). The van der Waals surface area contributed by atoms with E-state index < -0.39 is 5.60 Å². The number of carbonyl (C=O) groups is 1. The average molecular weight is 242 g/mol. The minimum absolute atomic E-state index is 0.0681. The van der Waals surface area contributed by atoms with Crippen LogP contribution in [0.1, 0.15) is 12.5 Å². The van der Waals surface area contributed by atoms with E-state index >= 15 is 0 Å². The first-order chi connectivity index (χ1) is 7.47. The van der Waals surface area contributed by atoms with Gasteiger partial charge >= 0.3 is 0 Å². The predicted octanol–water partition coefficient (Wildman–Crippen LogP) is 1.59. The van der Waals surface area contributed by atoms with Gasteiger partial charge in [-0.3, -0.25) is 4.79 Å². The lowest BCUT2D eigenvalue weighted by Gasteiger charge is -2.29. The van der Waals surface area contributed by atoms with Crippen LogP contribution in [0.5, 0.6) is 0 Å². The van der Waals surface area contributed by atoms with Crippen LogP contribution in [-0.4, -0.2) is 35.4 Å². The molecule has 0 radical (unpaired) electrons. The number of benzene rings is 1. The van der Waals surface area contributed by atoms with Crippen molar-refractivity contribution in [3.05, 3.63) is 35.9 Å². The molecule has 1 atom stereocenters. The SMILES string of the molecule is CN(CC(C)(O)c1ccccc1)C(=O)CCl. The Hall–Kier alpha value is -1.06. The van der Waals surface area contributed by atoms with E-state index in [-0.39, 0.29) is 18.3 Å². The zero-order chi connectivity index (χ0) is 12.2. The lowest BCUT2D eigenvalue weighted by molar-refractivity contribution is -0.130. The maximum atomic E-state index is 11.3. The van der Waals surface area contributed by atoms with Crippen LogP contribution in [0.3, 0.4) is 0 Å². The normalized spacial score (nSPS) is 14.2. The van der Waals surface area contributed by atoms with Crippen molar-refractivity contribution in [3.63, 3.8) is 0 Å². The van der Waals surface area contributed by atoms with E-state index in [4.69, 9.17) is 11.6 Å². The molecule has 0 saturated carbocycles. The molecule has 0 aliphatic heterocycles. The van der Waals surface area contributed by atoms with Crippen LogP contribution < -0.4 is 0 Å². The van der Waals surface area contributed by atoms with Crippen molar-refractivity contribution in [2.45, 2.75) is 12.5 Å². The van der Waals surface area contributed by atoms with E-state index in [9.17, 15) is 9.90 Å². The summed E-state index contributed by atoms with van der Waals surface area (Å²) in [6.45, 7) is 1.91. The van der Waals surface area contributed by atoms with E-state index in [1.54, 1.807) is 14.0 Å². The van der Waals surface area contributed by atoms with Crippen molar-refractivity contribution in [1.29, 1.82) is 0 Å². The van der Waals surface area contributed by atoms with Crippen LogP contribution in [0, 0.1) is 0 Å². The maximum absolute atomic E-state index is 11.3. The number of rotatable bonds is 4. The summed E-state index contributed by atoms with van der Waals surface area (Å²) in [5.74, 6) is -0.264. The fraction of sp³-hybridized carbons (Fsp3) is 0.417. The molecular formula is C12H16ClNO2. The van der Waals surface area contributed by atoms with Crippen LogP contribution in [0.15, 0.2) is 30.3 Å². The number of halogens is 1. The third-order valence-corrected chi connectivity index (χ3v) is 2.71. The second-order valence-electron chi connectivity index (χ2n) is 4.02. The number of alkyl halides is 1. The maximum Gasteiger partial charge on any atom is 0.237 e. The van der Waals surface area contributed by atoms with Gasteiger partial charge in [-0.1, -0.05) is 30.3 Å². The summed E-state index contributed by atoms with van der Waals surface area (Å²) in [5.41, 5.74) is -0.276. The fourth-order valence-corrected chi connectivity index (χ4v) is 1.74. The van der Waals surface area contributed by atoms with Gasteiger partial charge in [0.2, 0.25) is 5.91 Å². The molecule has 1 N–H and O–H groups in total. The highest BCUT2D eigenvalue weighted by Crippen LogP contribution is 2.21. The average Bonchev–Trinajstić information content (AvgIpc) is 2.28. The summed E-state index contributed by atoms with van der Waals surface area (Å²) in [5, 5.41) is 10.3. The Morgan fingerprint density at radius 2 is 2.00 bits per heavy atom. The number of hydrogen-bond acceptors (Lipinski definition) is 2. The number of nitrogens with zero attached hydrogens (tertiary/aromatic N) is 1. The topological polar surface area (TPSA) is 40.5 Å². The molecule has 4 heteroatoms. The highest BCUT2D eigenvalue weighted by molar-refractivity contribution is 6.27. The largest absolute Gasteiger partial charge is 0.384 e. The lowest BCUT2D eigenvalue weighted by Crippen LogP contribution is -2.40. The Bertz CT molecular complexity index is 351. The number of hydrogen-bond donors (Lipinski definition) is 1. The van der Waals surface area contributed by atoms with Crippen LogP contribution in [0.4, 0.5) is 0 Å². The summed E-state index contributed by atoms with van der Waals surface area (Å²) >= 11 is 5.45. The Kier molecular flexibility index (Phi) is 4.33. The van der Waals surface area contributed by atoms with Gasteiger partial charge in [0.05, 0.1) is 6.54 Å². The zero-order valence-electron chi connectivity index (χ0n) is 9.48. The number of carbonyl (C=O) groups excluding carboxylic acids is 1. The summed E-state index contributed by atoms with van der Waals surface area (Å²) in [6.07, 6.45) is 0.